The van der Waals surface area contributed by atoms with E-state index in [1.54, 1.807) is 24.3 Å². The Kier molecular flexibility index (Phi) is 5.11. The molecule has 0 bridgehead atoms. The van der Waals surface area contributed by atoms with E-state index in [9.17, 15) is 18.0 Å². The highest BCUT2D eigenvalue weighted by Gasteiger charge is 2.47. The third-order valence-corrected chi connectivity index (χ3v) is 5.97. The SMILES string of the molecule is O=C(NC1CCCC1)c1cnn2c1NC(c1ccc(Br)cc1)CC2C(F)(F)F. The van der Waals surface area contributed by atoms with Gasteiger partial charge in [-0.05, 0) is 30.5 Å². The van der Waals surface area contributed by atoms with Gasteiger partial charge in [0.05, 0.1) is 12.2 Å². The summed E-state index contributed by atoms with van der Waals surface area (Å²) >= 11 is 3.34. The lowest BCUT2D eigenvalue weighted by Gasteiger charge is -2.34. The van der Waals surface area contributed by atoms with E-state index in [0.29, 0.717) is 0 Å². The first-order valence-corrected chi connectivity index (χ1v) is 10.1. The molecule has 2 heterocycles. The summed E-state index contributed by atoms with van der Waals surface area (Å²) in [6, 6.07) is 4.86. The molecule has 1 aliphatic carbocycles. The predicted octanol–water partition coefficient (Wildman–Crippen LogP) is 4.98. The first kappa shape index (κ1) is 19.3. The van der Waals surface area contributed by atoms with Crippen LogP contribution in [-0.2, 0) is 0 Å². The molecule has 28 heavy (non-hydrogen) atoms. The van der Waals surface area contributed by atoms with Crippen LogP contribution in [-0.4, -0.2) is 27.9 Å². The van der Waals surface area contributed by atoms with Crippen molar-refractivity contribution >= 4 is 27.7 Å². The first-order valence-electron chi connectivity index (χ1n) is 9.30. The molecule has 2 atom stereocenters. The largest absolute Gasteiger partial charge is 0.410 e. The Balaban J connectivity index is 1.66. The van der Waals surface area contributed by atoms with Gasteiger partial charge in [-0.25, -0.2) is 4.68 Å². The molecule has 1 aliphatic heterocycles. The molecule has 1 saturated carbocycles. The molecule has 0 spiro atoms. The van der Waals surface area contributed by atoms with Crippen LogP contribution in [0.2, 0.25) is 0 Å². The normalized spacial score (nSPS) is 22.6. The number of rotatable bonds is 3. The molecular weight excluding hydrogens is 437 g/mol. The van der Waals surface area contributed by atoms with Gasteiger partial charge in [0.25, 0.3) is 5.91 Å². The van der Waals surface area contributed by atoms with E-state index in [0.717, 1.165) is 40.4 Å². The Morgan fingerprint density at radius 3 is 2.54 bits per heavy atom. The minimum Gasteiger partial charge on any atom is -0.363 e. The van der Waals surface area contributed by atoms with Gasteiger partial charge >= 0.3 is 6.18 Å². The maximum Gasteiger partial charge on any atom is 0.410 e. The zero-order chi connectivity index (χ0) is 19.9. The third-order valence-electron chi connectivity index (χ3n) is 5.45. The minimum atomic E-state index is -4.46. The second-order valence-corrected chi connectivity index (χ2v) is 8.26. The number of hydrogen-bond donors (Lipinski definition) is 2. The molecule has 1 fully saturated rings. The lowest BCUT2D eigenvalue weighted by atomic mass is 9.96. The van der Waals surface area contributed by atoms with Gasteiger partial charge in [-0.2, -0.15) is 18.3 Å². The van der Waals surface area contributed by atoms with Crippen LogP contribution in [0.4, 0.5) is 19.0 Å². The Labute approximate surface area is 168 Å². The quantitative estimate of drug-likeness (QED) is 0.684. The number of nitrogens with one attached hydrogen (secondary N) is 2. The summed E-state index contributed by atoms with van der Waals surface area (Å²) in [4.78, 5) is 12.7. The Morgan fingerprint density at radius 1 is 1.21 bits per heavy atom. The van der Waals surface area contributed by atoms with Crippen molar-refractivity contribution in [1.82, 2.24) is 15.1 Å². The van der Waals surface area contributed by atoms with Gasteiger partial charge in [-0.15, -0.1) is 0 Å². The van der Waals surface area contributed by atoms with Gasteiger partial charge in [0, 0.05) is 16.9 Å². The monoisotopic (exact) mass is 456 g/mol. The summed E-state index contributed by atoms with van der Waals surface area (Å²) in [6.07, 6.45) is 0.480. The summed E-state index contributed by atoms with van der Waals surface area (Å²) < 4.78 is 42.9. The number of alkyl halides is 3. The van der Waals surface area contributed by atoms with Crippen molar-refractivity contribution in [1.29, 1.82) is 0 Å². The maximum atomic E-state index is 13.7. The van der Waals surface area contributed by atoms with Crippen LogP contribution in [0.1, 0.15) is 60.1 Å². The number of amides is 1. The number of carbonyl (C=O) groups is 1. The number of hydrogen-bond acceptors (Lipinski definition) is 3. The predicted molar refractivity (Wildman–Crippen MR) is 102 cm³/mol. The van der Waals surface area contributed by atoms with Crippen molar-refractivity contribution in [2.75, 3.05) is 5.32 Å². The second kappa shape index (κ2) is 7.42. The molecule has 5 nitrogen and oxygen atoms in total. The van der Waals surface area contributed by atoms with E-state index >= 15 is 0 Å². The van der Waals surface area contributed by atoms with Crippen LogP contribution in [0.3, 0.4) is 0 Å². The lowest BCUT2D eigenvalue weighted by Crippen LogP contribution is -2.37. The van der Waals surface area contributed by atoms with E-state index in [1.807, 2.05) is 0 Å². The number of anilines is 1. The number of fused-ring (bicyclic) bond motifs is 1. The molecule has 2 unspecified atom stereocenters. The molecule has 4 rings (SSSR count). The van der Waals surface area contributed by atoms with E-state index in [4.69, 9.17) is 0 Å². The molecule has 2 aromatic rings. The van der Waals surface area contributed by atoms with E-state index < -0.39 is 18.3 Å². The summed E-state index contributed by atoms with van der Waals surface area (Å²) in [7, 11) is 0. The zero-order valence-electron chi connectivity index (χ0n) is 15.0. The minimum absolute atomic E-state index is 0.0762. The summed E-state index contributed by atoms with van der Waals surface area (Å²) in [5, 5.41) is 9.95. The summed E-state index contributed by atoms with van der Waals surface area (Å²) in [6.45, 7) is 0. The fraction of sp³-hybridized carbons (Fsp3) is 0.474. The summed E-state index contributed by atoms with van der Waals surface area (Å²) in [5.41, 5.74) is 0.884. The molecule has 0 radical (unpaired) electrons. The molecular formula is C19H20BrF3N4O. The fourth-order valence-electron chi connectivity index (χ4n) is 3.98. The van der Waals surface area contributed by atoms with Crippen LogP contribution in [0.5, 0.6) is 0 Å². The van der Waals surface area contributed by atoms with E-state index in [2.05, 4.69) is 31.7 Å². The van der Waals surface area contributed by atoms with Crippen LogP contribution in [0.25, 0.3) is 0 Å². The number of carbonyl (C=O) groups excluding carboxylic acids is 1. The molecule has 0 saturated heterocycles. The van der Waals surface area contributed by atoms with Crippen molar-refractivity contribution in [3.8, 4) is 0 Å². The van der Waals surface area contributed by atoms with Gasteiger partial charge in [0.15, 0.2) is 6.04 Å². The van der Waals surface area contributed by atoms with Crippen LogP contribution >= 0.6 is 15.9 Å². The smallest absolute Gasteiger partial charge is 0.363 e. The van der Waals surface area contributed by atoms with Crippen LogP contribution in [0.15, 0.2) is 34.9 Å². The van der Waals surface area contributed by atoms with Crippen molar-refractivity contribution in [2.24, 2.45) is 0 Å². The van der Waals surface area contributed by atoms with Crippen LogP contribution in [0, 0.1) is 0 Å². The first-order chi connectivity index (χ1) is 13.3. The van der Waals surface area contributed by atoms with E-state index in [1.165, 1.54) is 6.20 Å². The average molecular weight is 457 g/mol. The number of halogens is 4. The fourth-order valence-corrected chi connectivity index (χ4v) is 4.24. The van der Waals surface area contributed by atoms with Crippen molar-refractivity contribution in [3.63, 3.8) is 0 Å². The van der Waals surface area contributed by atoms with Gasteiger partial charge in [-0.1, -0.05) is 40.9 Å². The highest BCUT2D eigenvalue weighted by Crippen LogP contribution is 2.44. The van der Waals surface area contributed by atoms with Crippen molar-refractivity contribution in [2.45, 2.75) is 56.4 Å². The van der Waals surface area contributed by atoms with Crippen molar-refractivity contribution in [3.05, 3.63) is 46.1 Å². The molecule has 1 aromatic heterocycles. The number of aromatic nitrogens is 2. The molecule has 9 heteroatoms. The standard InChI is InChI=1S/C19H20BrF3N4O/c20-12-7-5-11(6-8-12)15-9-16(19(21,22)23)27-17(26-15)14(10-24-27)18(28)25-13-3-1-2-4-13/h5-8,10,13,15-16,26H,1-4,9H2,(H,25,28). The van der Waals surface area contributed by atoms with Gasteiger partial charge in [-0.3, -0.25) is 4.79 Å². The molecule has 1 aromatic carbocycles. The lowest BCUT2D eigenvalue weighted by molar-refractivity contribution is -0.173. The number of nitrogens with zero attached hydrogens (tertiary/aromatic N) is 2. The van der Waals surface area contributed by atoms with Gasteiger partial charge < -0.3 is 10.6 Å². The highest BCUT2D eigenvalue weighted by atomic mass is 79.9. The second-order valence-electron chi connectivity index (χ2n) is 7.35. The zero-order valence-corrected chi connectivity index (χ0v) is 16.6. The third kappa shape index (κ3) is 3.76. The van der Waals surface area contributed by atoms with Gasteiger partial charge in [0.1, 0.15) is 11.4 Å². The Hall–Kier alpha value is -2.03. The molecule has 150 valence electrons. The van der Waals surface area contributed by atoms with Gasteiger partial charge in [0.2, 0.25) is 0 Å². The van der Waals surface area contributed by atoms with E-state index in [-0.39, 0.29) is 29.8 Å². The molecule has 2 aliphatic rings. The van der Waals surface area contributed by atoms with Crippen molar-refractivity contribution < 1.29 is 18.0 Å². The number of benzene rings is 1. The Bertz CT molecular complexity index is 859. The molecule has 2 N–H and O–H groups in total. The topological polar surface area (TPSA) is 59.0 Å². The Morgan fingerprint density at radius 2 is 1.89 bits per heavy atom. The maximum absolute atomic E-state index is 13.7. The average Bonchev–Trinajstić information content (AvgIpc) is 3.30. The highest BCUT2D eigenvalue weighted by molar-refractivity contribution is 9.10. The molecule has 1 amide bonds. The summed E-state index contributed by atoms with van der Waals surface area (Å²) in [5.74, 6) is -0.255. The van der Waals surface area contributed by atoms with Crippen LogP contribution < -0.4 is 10.6 Å².